The molecule has 88 valence electrons. The molecule has 1 fully saturated rings. The van der Waals surface area contributed by atoms with Crippen LogP contribution in [0.1, 0.15) is 18.4 Å². The molecular formula is C12H14BrFOS. The fraction of sp³-hybridized carbons (Fsp3) is 0.500. The van der Waals surface area contributed by atoms with E-state index in [9.17, 15) is 4.39 Å². The number of ether oxygens (including phenoxy) is 1. The molecular weight excluding hydrogens is 291 g/mol. The molecule has 0 bridgehead atoms. The Morgan fingerprint density at radius 2 is 2.12 bits per heavy atom. The van der Waals surface area contributed by atoms with Gasteiger partial charge >= 0.3 is 0 Å². The predicted octanol–water partition coefficient (Wildman–Crippen LogP) is 4.00. The molecule has 1 aliphatic heterocycles. The summed E-state index contributed by atoms with van der Waals surface area (Å²) in [6.07, 6.45) is 2.26. The minimum Gasteiger partial charge on any atom is -0.381 e. The number of hydrogen-bond donors (Lipinski definition) is 0. The molecule has 0 atom stereocenters. The maximum atomic E-state index is 13.0. The van der Waals surface area contributed by atoms with E-state index in [-0.39, 0.29) is 5.82 Å². The van der Waals surface area contributed by atoms with Crippen LogP contribution in [0.5, 0.6) is 0 Å². The van der Waals surface area contributed by atoms with Crippen LogP contribution in [-0.2, 0) is 10.5 Å². The summed E-state index contributed by atoms with van der Waals surface area (Å²) < 4.78 is 18.9. The fourth-order valence-electron chi connectivity index (χ4n) is 1.69. The molecule has 1 aromatic carbocycles. The summed E-state index contributed by atoms with van der Waals surface area (Å²) in [6.45, 7) is 1.76. The van der Waals surface area contributed by atoms with Gasteiger partial charge in [0.25, 0.3) is 0 Å². The van der Waals surface area contributed by atoms with Crippen molar-refractivity contribution in [3.05, 3.63) is 34.1 Å². The molecule has 0 aromatic heterocycles. The van der Waals surface area contributed by atoms with Crippen LogP contribution in [0.25, 0.3) is 0 Å². The van der Waals surface area contributed by atoms with Crippen LogP contribution in [-0.4, -0.2) is 18.5 Å². The van der Waals surface area contributed by atoms with E-state index >= 15 is 0 Å². The quantitative estimate of drug-likeness (QED) is 0.835. The molecule has 0 amide bonds. The molecule has 2 rings (SSSR count). The molecule has 1 saturated heterocycles. The van der Waals surface area contributed by atoms with Crippen LogP contribution < -0.4 is 0 Å². The molecule has 1 heterocycles. The Hall–Kier alpha value is -0.0600. The molecule has 0 aliphatic carbocycles. The summed E-state index contributed by atoms with van der Waals surface area (Å²) in [5.41, 5.74) is 1.17. The highest BCUT2D eigenvalue weighted by Gasteiger charge is 2.14. The van der Waals surface area contributed by atoms with Crippen LogP contribution >= 0.6 is 27.7 Å². The largest absolute Gasteiger partial charge is 0.381 e. The maximum Gasteiger partial charge on any atom is 0.137 e. The molecule has 0 N–H and O–H groups in total. The Kier molecular flexibility index (Phi) is 4.67. The third-order valence-electron chi connectivity index (χ3n) is 2.64. The summed E-state index contributed by atoms with van der Waals surface area (Å²) in [5, 5.41) is 0.692. The maximum absolute atomic E-state index is 13.0. The van der Waals surface area contributed by atoms with Crippen molar-refractivity contribution in [3.63, 3.8) is 0 Å². The topological polar surface area (TPSA) is 9.23 Å². The van der Waals surface area contributed by atoms with Gasteiger partial charge in [-0.25, -0.2) is 4.39 Å². The first-order valence-electron chi connectivity index (χ1n) is 5.39. The standard InChI is InChI=1S/C12H14BrFOS/c13-11-7-9(1-2-12(11)14)8-16-10-3-5-15-6-4-10/h1-2,7,10H,3-6,8H2. The molecule has 1 nitrogen and oxygen atoms in total. The Morgan fingerprint density at radius 1 is 1.38 bits per heavy atom. The smallest absolute Gasteiger partial charge is 0.137 e. The van der Waals surface area contributed by atoms with Crippen molar-refractivity contribution in [1.29, 1.82) is 0 Å². The zero-order chi connectivity index (χ0) is 11.4. The van der Waals surface area contributed by atoms with E-state index in [1.54, 1.807) is 0 Å². The van der Waals surface area contributed by atoms with Gasteiger partial charge in [0.15, 0.2) is 0 Å². The van der Waals surface area contributed by atoms with Crippen molar-refractivity contribution in [2.75, 3.05) is 13.2 Å². The molecule has 0 unspecified atom stereocenters. The third-order valence-corrected chi connectivity index (χ3v) is 4.69. The second-order valence-corrected chi connectivity index (χ2v) is 6.01. The van der Waals surface area contributed by atoms with Gasteiger partial charge < -0.3 is 4.74 Å². The van der Waals surface area contributed by atoms with Gasteiger partial charge in [0, 0.05) is 24.2 Å². The number of benzene rings is 1. The van der Waals surface area contributed by atoms with Crippen LogP contribution in [0, 0.1) is 5.82 Å². The molecule has 0 spiro atoms. The summed E-state index contributed by atoms with van der Waals surface area (Å²) in [7, 11) is 0. The second-order valence-electron chi connectivity index (χ2n) is 3.87. The Morgan fingerprint density at radius 3 is 2.81 bits per heavy atom. The SMILES string of the molecule is Fc1ccc(CSC2CCOCC2)cc1Br. The lowest BCUT2D eigenvalue weighted by Crippen LogP contribution is -2.17. The molecule has 1 aromatic rings. The van der Waals surface area contributed by atoms with Gasteiger partial charge in [-0.05, 0) is 46.5 Å². The van der Waals surface area contributed by atoms with Crippen molar-refractivity contribution >= 4 is 27.7 Å². The molecule has 4 heteroatoms. The van der Waals surface area contributed by atoms with E-state index in [2.05, 4.69) is 15.9 Å². The average molecular weight is 305 g/mol. The Balaban J connectivity index is 1.86. The minimum absolute atomic E-state index is 0.195. The number of rotatable bonds is 3. The van der Waals surface area contributed by atoms with Gasteiger partial charge in [0.1, 0.15) is 5.82 Å². The van der Waals surface area contributed by atoms with E-state index < -0.39 is 0 Å². The second kappa shape index (κ2) is 6.03. The van der Waals surface area contributed by atoms with Gasteiger partial charge in [-0.1, -0.05) is 6.07 Å². The molecule has 0 saturated carbocycles. The van der Waals surface area contributed by atoms with Gasteiger partial charge in [-0.15, -0.1) is 0 Å². The first-order chi connectivity index (χ1) is 7.75. The first-order valence-corrected chi connectivity index (χ1v) is 7.23. The first kappa shape index (κ1) is 12.4. The highest BCUT2D eigenvalue weighted by molar-refractivity contribution is 9.10. The van der Waals surface area contributed by atoms with Gasteiger partial charge in [0.2, 0.25) is 0 Å². The monoisotopic (exact) mass is 304 g/mol. The summed E-state index contributed by atoms with van der Waals surface area (Å²) >= 11 is 5.15. The lowest BCUT2D eigenvalue weighted by molar-refractivity contribution is 0.1000. The van der Waals surface area contributed by atoms with Crippen molar-refractivity contribution < 1.29 is 9.13 Å². The van der Waals surface area contributed by atoms with E-state index in [0.717, 1.165) is 31.8 Å². The Bertz CT molecular complexity index is 353. The van der Waals surface area contributed by atoms with Crippen molar-refractivity contribution in [2.45, 2.75) is 23.8 Å². The zero-order valence-electron chi connectivity index (χ0n) is 8.92. The number of halogens is 2. The van der Waals surface area contributed by atoms with Crippen LogP contribution in [0.2, 0.25) is 0 Å². The Labute approximate surface area is 108 Å². The van der Waals surface area contributed by atoms with E-state index in [4.69, 9.17) is 4.74 Å². The van der Waals surface area contributed by atoms with Crippen LogP contribution in [0.4, 0.5) is 4.39 Å². The summed E-state index contributed by atoms with van der Waals surface area (Å²) in [6, 6.07) is 5.23. The zero-order valence-corrected chi connectivity index (χ0v) is 11.3. The van der Waals surface area contributed by atoms with E-state index in [0.29, 0.717) is 9.72 Å². The number of thioether (sulfide) groups is 1. The van der Waals surface area contributed by atoms with Gasteiger partial charge in [-0.2, -0.15) is 11.8 Å². The molecule has 0 radical (unpaired) electrons. The number of hydrogen-bond acceptors (Lipinski definition) is 2. The van der Waals surface area contributed by atoms with Crippen molar-refractivity contribution in [2.24, 2.45) is 0 Å². The van der Waals surface area contributed by atoms with Gasteiger partial charge in [0.05, 0.1) is 4.47 Å². The minimum atomic E-state index is -0.195. The normalized spacial score (nSPS) is 17.6. The fourth-order valence-corrected chi connectivity index (χ4v) is 3.25. The summed E-state index contributed by atoms with van der Waals surface area (Å²) in [5.74, 6) is 0.753. The lowest BCUT2D eigenvalue weighted by Gasteiger charge is -2.21. The van der Waals surface area contributed by atoms with E-state index in [1.807, 2.05) is 23.9 Å². The van der Waals surface area contributed by atoms with Crippen molar-refractivity contribution in [3.8, 4) is 0 Å². The highest BCUT2D eigenvalue weighted by Crippen LogP contribution is 2.27. The highest BCUT2D eigenvalue weighted by atomic mass is 79.9. The predicted molar refractivity (Wildman–Crippen MR) is 69.2 cm³/mol. The van der Waals surface area contributed by atoms with Crippen LogP contribution in [0.3, 0.4) is 0 Å². The summed E-state index contributed by atoms with van der Waals surface area (Å²) in [4.78, 5) is 0. The average Bonchev–Trinajstić information content (AvgIpc) is 2.32. The lowest BCUT2D eigenvalue weighted by atomic mass is 10.2. The third kappa shape index (κ3) is 3.47. The van der Waals surface area contributed by atoms with E-state index in [1.165, 1.54) is 11.6 Å². The molecule has 1 aliphatic rings. The van der Waals surface area contributed by atoms with Crippen LogP contribution in [0.15, 0.2) is 22.7 Å². The molecule has 16 heavy (non-hydrogen) atoms. The van der Waals surface area contributed by atoms with Crippen molar-refractivity contribution in [1.82, 2.24) is 0 Å². The van der Waals surface area contributed by atoms with Gasteiger partial charge in [-0.3, -0.25) is 0 Å².